The molecule has 0 unspecified atom stereocenters. The molecule has 0 atom stereocenters. The van der Waals surface area contributed by atoms with Crippen LogP contribution in [0.15, 0.2) is 64.3 Å². The summed E-state index contributed by atoms with van der Waals surface area (Å²) in [5, 5.41) is 4.54. The molecule has 1 aliphatic rings. The first kappa shape index (κ1) is 19.9. The molecule has 7 heteroatoms. The van der Waals surface area contributed by atoms with Crippen molar-refractivity contribution in [2.75, 3.05) is 39.3 Å². The first-order valence-corrected chi connectivity index (χ1v) is 10.4. The summed E-state index contributed by atoms with van der Waals surface area (Å²) in [6.07, 6.45) is 4.20. The molecule has 0 spiro atoms. The van der Waals surface area contributed by atoms with E-state index in [1.807, 2.05) is 17.2 Å². The molecule has 156 valence electrons. The number of rotatable bonds is 5. The minimum absolute atomic E-state index is 0.0509. The van der Waals surface area contributed by atoms with E-state index >= 15 is 0 Å². The highest BCUT2D eigenvalue weighted by Crippen LogP contribution is 2.16. The molecule has 0 saturated carbocycles. The zero-order chi connectivity index (χ0) is 20.8. The largest absolute Gasteiger partial charge is 0.459 e. The van der Waals surface area contributed by atoms with E-state index in [0.29, 0.717) is 25.4 Å². The number of furan rings is 1. The average molecular weight is 406 g/mol. The second-order valence-electron chi connectivity index (χ2n) is 7.23. The predicted molar refractivity (Wildman–Crippen MR) is 118 cm³/mol. The third-order valence-corrected chi connectivity index (χ3v) is 5.29. The highest BCUT2D eigenvalue weighted by atomic mass is 16.3. The standard InChI is InChI=1S/C23H27N5O2/c1-2-24-23(26-12-10-19-7-3-6-18-8-4-11-25-21(18)19)28-15-13-27(14-16-28)22(29)20-9-5-17-30-20/h3-9,11,17H,2,10,12-16H2,1H3,(H,24,26). The van der Waals surface area contributed by atoms with Crippen molar-refractivity contribution < 1.29 is 9.21 Å². The molecular weight excluding hydrogens is 378 g/mol. The van der Waals surface area contributed by atoms with Crippen molar-refractivity contribution in [2.45, 2.75) is 13.3 Å². The lowest BCUT2D eigenvalue weighted by atomic mass is 10.1. The van der Waals surface area contributed by atoms with E-state index in [9.17, 15) is 4.79 Å². The maximum Gasteiger partial charge on any atom is 0.289 e. The summed E-state index contributed by atoms with van der Waals surface area (Å²) in [5.74, 6) is 1.24. The van der Waals surface area contributed by atoms with Crippen molar-refractivity contribution >= 4 is 22.8 Å². The van der Waals surface area contributed by atoms with E-state index in [-0.39, 0.29) is 5.91 Å². The van der Waals surface area contributed by atoms with Gasteiger partial charge in [-0.25, -0.2) is 0 Å². The van der Waals surface area contributed by atoms with Crippen molar-refractivity contribution in [3.63, 3.8) is 0 Å². The number of aliphatic imine (C=N–C) groups is 1. The molecule has 3 heterocycles. The fourth-order valence-corrected chi connectivity index (χ4v) is 3.75. The summed E-state index contributed by atoms with van der Waals surface area (Å²) in [6.45, 7) is 6.35. The van der Waals surface area contributed by atoms with Gasteiger partial charge in [0.2, 0.25) is 0 Å². The number of carbonyl (C=O) groups is 1. The Labute approximate surface area is 176 Å². The van der Waals surface area contributed by atoms with Crippen LogP contribution in [0.3, 0.4) is 0 Å². The first-order valence-electron chi connectivity index (χ1n) is 10.4. The summed E-state index contributed by atoms with van der Waals surface area (Å²) in [7, 11) is 0. The Balaban J connectivity index is 1.38. The van der Waals surface area contributed by atoms with E-state index in [1.54, 1.807) is 12.1 Å². The number of nitrogens with zero attached hydrogens (tertiary/aromatic N) is 4. The van der Waals surface area contributed by atoms with Crippen molar-refractivity contribution in [2.24, 2.45) is 4.99 Å². The third kappa shape index (κ3) is 4.45. The number of carbonyl (C=O) groups excluding carboxylic acids is 1. The van der Waals surface area contributed by atoms with Crippen LogP contribution in [0.1, 0.15) is 23.0 Å². The average Bonchev–Trinajstić information content (AvgIpc) is 3.33. The van der Waals surface area contributed by atoms with Gasteiger partial charge in [0.25, 0.3) is 5.91 Å². The van der Waals surface area contributed by atoms with E-state index in [2.05, 4.69) is 46.4 Å². The highest BCUT2D eigenvalue weighted by Gasteiger charge is 2.25. The summed E-state index contributed by atoms with van der Waals surface area (Å²) in [5.41, 5.74) is 2.26. The molecular formula is C23H27N5O2. The van der Waals surface area contributed by atoms with Gasteiger partial charge < -0.3 is 19.5 Å². The number of amides is 1. The van der Waals surface area contributed by atoms with E-state index in [1.165, 1.54) is 11.8 Å². The molecule has 3 aromatic rings. The smallest absolute Gasteiger partial charge is 0.289 e. The fourth-order valence-electron chi connectivity index (χ4n) is 3.75. The number of benzene rings is 1. The van der Waals surface area contributed by atoms with Gasteiger partial charge in [-0.2, -0.15) is 0 Å². The second-order valence-corrected chi connectivity index (χ2v) is 7.23. The molecule has 1 amide bonds. The highest BCUT2D eigenvalue weighted by molar-refractivity contribution is 5.91. The van der Waals surface area contributed by atoms with Gasteiger partial charge in [-0.05, 0) is 37.1 Å². The van der Waals surface area contributed by atoms with E-state index in [0.717, 1.165) is 42.9 Å². The SMILES string of the molecule is CCNC(=NCCc1cccc2cccnc12)N1CCN(C(=O)c2ccco2)CC1. The molecule has 1 saturated heterocycles. The van der Waals surface area contributed by atoms with Crippen molar-refractivity contribution in [3.05, 3.63) is 66.2 Å². The zero-order valence-electron chi connectivity index (χ0n) is 17.3. The lowest BCUT2D eigenvalue weighted by molar-refractivity contribution is 0.0657. The minimum atomic E-state index is -0.0509. The number of aromatic nitrogens is 1. The van der Waals surface area contributed by atoms with Gasteiger partial charge in [0.1, 0.15) is 0 Å². The molecule has 4 rings (SSSR count). The van der Waals surface area contributed by atoms with Crippen LogP contribution in [0.2, 0.25) is 0 Å². The van der Waals surface area contributed by atoms with E-state index < -0.39 is 0 Å². The van der Waals surface area contributed by atoms with E-state index in [4.69, 9.17) is 9.41 Å². The molecule has 0 bridgehead atoms. The minimum Gasteiger partial charge on any atom is -0.459 e. The van der Waals surface area contributed by atoms with Crippen LogP contribution in [-0.2, 0) is 6.42 Å². The Morgan fingerprint density at radius 1 is 1.10 bits per heavy atom. The Morgan fingerprint density at radius 3 is 2.67 bits per heavy atom. The Hall–Kier alpha value is -3.35. The number of piperazine rings is 1. The maximum atomic E-state index is 12.5. The zero-order valence-corrected chi connectivity index (χ0v) is 17.3. The van der Waals surface area contributed by atoms with Crippen molar-refractivity contribution in [1.29, 1.82) is 0 Å². The van der Waals surface area contributed by atoms with Crippen LogP contribution in [0.25, 0.3) is 10.9 Å². The van der Waals surface area contributed by atoms with Gasteiger partial charge in [-0.15, -0.1) is 0 Å². The van der Waals surface area contributed by atoms with Gasteiger partial charge in [-0.3, -0.25) is 14.8 Å². The van der Waals surface area contributed by atoms with Crippen molar-refractivity contribution in [3.8, 4) is 0 Å². The number of guanidine groups is 1. The summed E-state index contributed by atoms with van der Waals surface area (Å²) < 4.78 is 5.24. The third-order valence-electron chi connectivity index (χ3n) is 5.29. The van der Waals surface area contributed by atoms with Crippen LogP contribution in [-0.4, -0.2) is 65.9 Å². The number of para-hydroxylation sites is 1. The molecule has 1 aromatic carbocycles. The van der Waals surface area contributed by atoms with Gasteiger partial charge in [0, 0.05) is 50.9 Å². The fraction of sp³-hybridized carbons (Fsp3) is 0.348. The van der Waals surface area contributed by atoms with Gasteiger partial charge in [0.05, 0.1) is 11.8 Å². The number of nitrogens with one attached hydrogen (secondary N) is 1. The molecule has 1 fully saturated rings. The molecule has 30 heavy (non-hydrogen) atoms. The summed E-state index contributed by atoms with van der Waals surface area (Å²) >= 11 is 0. The van der Waals surface area contributed by atoms with Crippen molar-refractivity contribution in [1.82, 2.24) is 20.1 Å². The molecule has 0 aliphatic carbocycles. The Kier molecular flexibility index (Phi) is 6.27. The number of pyridine rings is 1. The second kappa shape index (κ2) is 9.43. The van der Waals surface area contributed by atoms with Gasteiger partial charge in [-0.1, -0.05) is 24.3 Å². The Bertz CT molecular complexity index is 1000. The summed E-state index contributed by atoms with van der Waals surface area (Å²) in [4.78, 5) is 25.9. The number of hydrogen-bond acceptors (Lipinski definition) is 4. The molecule has 7 nitrogen and oxygen atoms in total. The molecule has 2 aromatic heterocycles. The monoisotopic (exact) mass is 405 g/mol. The first-order chi connectivity index (χ1) is 14.8. The lowest BCUT2D eigenvalue weighted by Gasteiger charge is -2.36. The topological polar surface area (TPSA) is 74.0 Å². The Morgan fingerprint density at radius 2 is 1.90 bits per heavy atom. The van der Waals surface area contributed by atoms with Crippen LogP contribution < -0.4 is 5.32 Å². The molecule has 0 radical (unpaired) electrons. The van der Waals surface area contributed by atoms with Crippen LogP contribution in [0.4, 0.5) is 0 Å². The lowest BCUT2D eigenvalue weighted by Crippen LogP contribution is -2.53. The van der Waals surface area contributed by atoms with Crippen LogP contribution >= 0.6 is 0 Å². The molecule has 1 aliphatic heterocycles. The maximum absolute atomic E-state index is 12.5. The molecule has 1 N–H and O–H groups in total. The van der Waals surface area contributed by atoms with Gasteiger partial charge in [0.15, 0.2) is 11.7 Å². The number of fused-ring (bicyclic) bond motifs is 1. The van der Waals surface area contributed by atoms with Crippen LogP contribution in [0.5, 0.6) is 0 Å². The number of hydrogen-bond donors (Lipinski definition) is 1. The normalized spacial score (nSPS) is 14.9. The van der Waals surface area contributed by atoms with Gasteiger partial charge >= 0.3 is 0 Å². The summed E-state index contributed by atoms with van der Waals surface area (Å²) in [6, 6.07) is 13.8. The van der Waals surface area contributed by atoms with Crippen LogP contribution in [0, 0.1) is 0 Å². The predicted octanol–water partition coefficient (Wildman–Crippen LogP) is 2.79. The quantitative estimate of drug-likeness (QED) is 0.522.